The highest BCUT2D eigenvalue weighted by Gasteiger charge is 2.00. The third-order valence-corrected chi connectivity index (χ3v) is 1.70. The van der Waals surface area contributed by atoms with Crippen LogP contribution < -0.4 is 0 Å². The van der Waals surface area contributed by atoms with Gasteiger partial charge in [0.15, 0.2) is 0 Å². The molecule has 2 heterocycles. The predicted octanol–water partition coefficient (Wildman–Crippen LogP) is 3.63. The van der Waals surface area contributed by atoms with Gasteiger partial charge in [-0.25, -0.2) is 9.97 Å². The second-order valence-corrected chi connectivity index (χ2v) is 2.59. The molecule has 0 aliphatic heterocycles. The third kappa shape index (κ3) is 3.35. The van der Waals surface area contributed by atoms with Crippen LogP contribution in [0.4, 0.5) is 0 Å². The molecule has 0 aromatic carbocycles. The van der Waals surface area contributed by atoms with E-state index in [4.69, 9.17) is 0 Å². The molecule has 84 valence electrons. The standard InChI is InChI=1S/C8H9N3.2C2H6/c1-5-8-7(3-4-9-8)11-6(2)10-5;2*1-2/h3-4,9H,1-2H3;2*1-2H3. The van der Waals surface area contributed by atoms with Crippen LogP contribution in [0.5, 0.6) is 0 Å². The molecule has 0 atom stereocenters. The minimum atomic E-state index is 0.828. The molecule has 15 heavy (non-hydrogen) atoms. The lowest BCUT2D eigenvalue weighted by atomic mass is 10.3. The Morgan fingerprint density at radius 3 is 2.20 bits per heavy atom. The molecule has 0 bridgehead atoms. The number of aryl methyl sites for hydroxylation is 2. The maximum absolute atomic E-state index is 4.25. The molecule has 0 aliphatic rings. The van der Waals surface area contributed by atoms with Gasteiger partial charge < -0.3 is 4.98 Å². The highest BCUT2D eigenvalue weighted by atomic mass is 14.9. The highest BCUT2D eigenvalue weighted by molar-refractivity contribution is 5.76. The van der Waals surface area contributed by atoms with E-state index in [0.717, 1.165) is 22.6 Å². The van der Waals surface area contributed by atoms with Crippen LogP contribution in [0.15, 0.2) is 12.3 Å². The smallest absolute Gasteiger partial charge is 0.126 e. The maximum Gasteiger partial charge on any atom is 0.126 e. The van der Waals surface area contributed by atoms with Crippen LogP contribution in [0, 0.1) is 13.8 Å². The number of H-pyrrole nitrogens is 1. The minimum Gasteiger partial charge on any atom is -0.358 e. The summed E-state index contributed by atoms with van der Waals surface area (Å²) in [5.41, 5.74) is 3.04. The van der Waals surface area contributed by atoms with E-state index in [9.17, 15) is 0 Å². The molecule has 0 saturated heterocycles. The molecule has 0 fully saturated rings. The Bertz CT molecular complexity index is 391. The summed E-state index contributed by atoms with van der Waals surface area (Å²) in [4.78, 5) is 11.6. The van der Waals surface area contributed by atoms with E-state index in [0.29, 0.717) is 0 Å². The molecule has 2 aromatic heterocycles. The van der Waals surface area contributed by atoms with Gasteiger partial charge >= 0.3 is 0 Å². The van der Waals surface area contributed by atoms with Gasteiger partial charge in [-0.2, -0.15) is 0 Å². The fourth-order valence-corrected chi connectivity index (χ4v) is 1.24. The van der Waals surface area contributed by atoms with Crippen molar-refractivity contribution in [2.75, 3.05) is 0 Å². The zero-order chi connectivity index (χ0) is 11.8. The van der Waals surface area contributed by atoms with Crippen LogP contribution in [0.2, 0.25) is 0 Å². The second kappa shape index (κ2) is 6.98. The average molecular weight is 207 g/mol. The van der Waals surface area contributed by atoms with E-state index in [1.807, 2.05) is 53.8 Å². The monoisotopic (exact) mass is 207 g/mol. The topological polar surface area (TPSA) is 41.6 Å². The summed E-state index contributed by atoms with van der Waals surface area (Å²) in [6.45, 7) is 11.9. The average Bonchev–Trinajstić information content (AvgIpc) is 2.72. The lowest BCUT2D eigenvalue weighted by Gasteiger charge is -1.95. The number of hydrogen-bond donors (Lipinski definition) is 1. The molecular formula is C12H21N3. The number of aromatic nitrogens is 3. The first-order chi connectivity index (χ1) is 7.27. The SMILES string of the molecule is CC.CC.Cc1nc(C)c2[nH]ccc2n1. The molecule has 1 N–H and O–H groups in total. The Morgan fingerprint density at radius 2 is 1.60 bits per heavy atom. The van der Waals surface area contributed by atoms with Crippen LogP contribution in [-0.4, -0.2) is 15.0 Å². The molecule has 0 unspecified atom stereocenters. The fourth-order valence-electron chi connectivity index (χ4n) is 1.24. The van der Waals surface area contributed by atoms with E-state index in [1.165, 1.54) is 0 Å². The molecule has 3 nitrogen and oxygen atoms in total. The zero-order valence-electron chi connectivity index (χ0n) is 10.5. The molecule has 0 saturated carbocycles. The van der Waals surface area contributed by atoms with Gasteiger partial charge in [0, 0.05) is 6.20 Å². The zero-order valence-corrected chi connectivity index (χ0v) is 10.5. The number of nitrogens with one attached hydrogen (secondary N) is 1. The molecular weight excluding hydrogens is 186 g/mol. The Labute approximate surface area is 92.0 Å². The summed E-state index contributed by atoms with van der Waals surface area (Å²) >= 11 is 0. The predicted molar refractivity (Wildman–Crippen MR) is 66.1 cm³/mol. The highest BCUT2D eigenvalue weighted by Crippen LogP contribution is 2.11. The van der Waals surface area contributed by atoms with Gasteiger partial charge in [0.2, 0.25) is 0 Å². The van der Waals surface area contributed by atoms with E-state index < -0.39 is 0 Å². The van der Waals surface area contributed by atoms with Gasteiger partial charge in [0.25, 0.3) is 0 Å². The normalized spacial score (nSPS) is 8.67. The van der Waals surface area contributed by atoms with Crippen LogP contribution in [-0.2, 0) is 0 Å². The summed E-state index contributed by atoms with van der Waals surface area (Å²) in [7, 11) is 0. The van der Waals surface area contributed by atoms with Crippen molar-refractivity contribution in [2.45, 2.75) is 41.5 Å². The Hall–Kier alpha value is -1.38. The van der Waals surface area contributed by atoms with Crippen LogP contribution >= 0.6 is 0 Å². The van der Waals surface area contributed by atoms with Crippen molar-refractivity contribution < 1.29 is 0 Å². The van der Waals surface area contributed by atoms with Crippen LogP contribution in [0.1, 0.15) is 39.2 Å². The number of hydrogen-bond acceptors (Lipinski definition) is 2. The Kier molecular flexibility index (Phi) is 6.34. The van der Waals surface area contributed by atoms with Crippen molar-refractivity contribution in [3.05, 3.63) is 23.8 Å². The van der Waals surface area contributed by atoms with Gasteiger partial charge in [-0.1, -0.05) is 27.7 Å². The lowest BCUT2D eigenvalue weighted by Crippen LogP contribution is -1.90. The molecule has 0 radical (unpaired) electrons. The van der Waals surface area contributed by atoms with E-state index in [2.05, 4.69) is 15.0 Å². The number of nitrogens with zero attached hydrogens (tertiary/aromatic N) is 2. The van der Waals surface area contributed by atoms with Gasteiger partial charge in [-0.3, -0.25) is 0 Å². The lowest BCUT2D eigenvalue weighted by molar-refractivity contribution is 1.05. The summed E-state index contributed by atoms with van der Waals surface area (Å²) in [5, 5.41) is 0. The Morgan fingerprint density at radius 1 is 1.00 bits per heavy atom. The van der Waals surface area contributed by atoms with E-state index >= 15 is 0 Å². The van der Waals surface area contributed by atoms with Gasteiger partial charge in [-0.05, 0) is 19.9 Å². The number of fused-ring (bicyclic) bond motifs is 1. The van der Waals surface area contributed by atoms with Crippen molar-refractivity contribution >= 4 is 11.0 Å². The molecule has 2 aromatic rings. The third-order valence-electron chi connectivity index (χ3n) is 1.70. The fraction of sp³-hybridized carbons (Fsp3) is 0.500. The van der Waals surface area contributed by atoms with Crippen molar-refractivity contribution in [3.63, 3.8) is 0 Å². The van der Waals surface area contributed by atoms with Gasteiger partial charge in [0.1, 0.15) is 5.82 Å². The van der Waals surface area contributed by atoms with Crippen molar-refractivity contribution in [1.29, 1.82) is 0 Å². The van der Waals surface area contributed by atoms with Gasteiger partial charge in [0.05, 0.1) is 16.7 Å². The van der Waals surface area contributed by atoms with Gasteiger partial charge in [-0.15, -0.1) is 0 Å². The van der Waals surface area contributed by atoms with Crippen LogP contribution in [0.25, 0.3) is 11.0 Å². The first-order valence-corrected chi connectivity index (χ1v) is 5.56. The summed E-state index contributed by atoms with van der Waals surface area (Å²) in [6, 6.07) is 1.96. The largest absolute Gasteiger partial charge is 0.358 e. The number of aromatic amines is 1. The minimum absolute atomic E-state index is 0.828. The molecule has 0 spiro atoms. The maximum atomic E-state index is 4.25. The van der Waals surface area contributed by atoms with E-state index in [1.54, 1.807) is 0 Å². The molecule has 3 heteroatoms. The Balaban J connectivity index is 0.000000442. The summed E-state index contributed by atoms with van der Waals surface area (Å²) in [6.07, 6.45) is 1.88. The quantitative estimate of drug-likeness (QED) is 0.716. The van der Waals surface area contributed by atoms with Crippen molar-refractivity contribution in [1.82, 2.24) is 15.0 Å². The van der Waals surface area contributed by atoms with Crippen molar-refractivity contribution in [3.8, 4) is 0 Å². The number of rotatable bonds is 0. The first kappa shape index (κ1) is 13.6. The summed E-state index contributed by atoms with van der Waals surface area (Å²) in [5.74, 6) is 0.828. The summed E-state index contributed by atoms with van der Waals surface area (Å²) < 4.78 is 0. The van der Waals surface area contributed by atoms with Crippen LogP contribution in [0.3, 0.4) is 0 Å². The molecule has 0 amide bonds. The first-order valence-electron chi connectivity index (χ1n) is 5.56. The van der Waals surface area contributed by atoms with Crippen molar-refractivity contribution in [2.24, 2.45) is 0 Å². The molecule has 0 aliphatic carbocycles. The second-order valence-electron chi connectivity index (χ2n) is 2.59. The van der Waals surface area contributed by atoms with E-state index in [-0.39, 0.29) is 0 Å². The molecule has 2 rings (SSSR count).